The van der Waals surface area contributed by atoms with Gasteiger partial charge in [-0.3, -0.25) is 14.6 Å². The smallest absolute Gasteiger partial charge is 0.310 e. The molecular weight excluding hydrogens is 302 g/mol. The molecule has 0 aromatic rings. The number of hydrogen-bond acceptors (Lipinski definition) is 3. The molecule has 0 atom stereocenters. The van der Waals surface area contributed by atoms with Crippen LogP contribution in [0.1, 0.15) is 74.1 Å². The summed E-state index contributed by atoms with van der Waals surface area (Å²) in [5.41, 5.74) is -0.931. The van der Waals surface area contributed by atoms with Crippen LogP contribution in [0.25, 0.3) is 0 Å². The molecular formula is C19H35N3O2. The second-order valence-electron chi connectivity index (χ2n) is 8.59. The number of carbonyl (C=O) groups is 2. The van der Waals surface area contributed by atoms with Gasteiger partial charge in [-0.15, -0.1) is 0 Å². The Morgan fingerprint density at radius 3 is 1.88 bits per heavy atom. The van der Waals surface area contributed by atoms with Crippen molar-refractivity contribution in [3.05, 3.63) is 0 Å². The Morgan fingerprint density at radius 1 is 0.917 bits per heavy atom. The van der Waals surface area contributed by atoms with E-state index in [1.54, 1.807) is 0 Å². The van der Waals surface area contributed by atoms with Crippen molar-refractivity contribution < 1.29 is 9.59 Å². The molecule has 5 nitrogen and oxygen atoms in total. The van der Waals surface area contributed by atoms with E-state index in [0.717, 1.165) is 19.4 Å². The zero-order valence-electron chi connectivity index (χ0n) is 16.6. The third-order valence-electron chi connectivity index (χ3n) is 5.90. The van der Waals surface area contributed by atoms with Gasteiger partial charge in [-0.25, -0.2) is 4.79 Å². The van der Waals surface area contributed by atoms with Crippen LogP contribution in [0, 0.1) is 0 Å². The molecule has 5 heteroatoms. The molecule has 0 bridgehead atoms. The molecule has 2 aliphatic heterocycles. The molecule has 2 fully saturated rings. The number of urea groups is 1. The molecule has 0 aromatic heterocycles. The van der Waals surface area contributed by atoms with Crippen LogP contribution in [0.4, 0.5) is 4.79 Å². The van der Waals surface area contributed by atoms with Crippen molar-refractivity contribution >= 4 is 11.9 Å². The van der Waals surface area contributed by atoms with Crippen LogP contribution < -0.4 is 0 Å². The van der Waals surface area contributed by atoms with Gasteiger partial charge in [-0.1, -0.05) is 20.3 Å². The van der Waals surface area contributed by atoms with E-state index >= 15 is 0 Å². The average Bonchev–Trinajstić information content (AvgIpc) is 2.62. The number of unbranched alkanes of at least 4 members (excludes halogenated alkanes) is 1. The average molecular weight is 338 g/mol. The van der Waals surface area contributed by atoms with Gasteiger partial charge in [0.15, 0.2) is 0 Å². The quantitative estimate of drug-likeness (QED) is 0.721. The first-order chi connectivity index (χ1) is 11.1. The lowest BCUT2D eigenvalue weighted by Crippen LogP contribution is -2.70. The molecule has 138 valence electrons. The van der Waals surface area contributed by atoms with Crippen LogP contribution in [-0.2, 0) is 4.79 Å². The lowest BCUT2D eigenvalue weighted by Gasteiger charge is -2.59. The van der Waals surface area contributed by atoms with E-state index < -0.39 is 5.54 Å². The van der Waals surface area contributed by atoms with Gasteiger partial charge in [-0.2, -0.15) is 0 Å². The summed E-state index contributed by atoms with van der Waals surface area (Å²) in [4.78, 5) is 32.1. The van der Waals surface area contributed by atoms with Gasteiger partial charge in [-0.05, 0) is 60.4 Å². The van der Waals surface area contributed by atoms with Crippen molar-refractivity contribution in [3.8, 4) is 0 Å². The second-order valence-corrected chi connectivity index (χ2v) is 8.59. The summed E-state index contributed by atoms with van der Waals surface area (Å²) in [6.07, 6.45) is 3.27. The summed E-state index contributed by atoms with van der Waals surface area (Å²) in [6, 6.07) is -0.0903. The zero-order chi connectivity index (χ0) is 18.3. The number of nitrogens with zero attached hydrogens (tertiary/aromatic N) is 3. The van der Waals surface area contributed by atoms with Crippen molar-refractivity contribution in [1.82, 2.24) is 14.7 Å². The highest BCUT2D eigenvalue weighted by Gasteiger charge is 2.64. The molecule has 0 aromatic carbocycles. The van der Waals surface area contributed by atoms with E-state index in [0.29, 0.717) is 25.9 Å². The van der Waals surface area contributed by atoms with Gasteiger partial charge in [0.25, 0.3) is 5.91 Å². The number of carbonyl (C=O) groups excluding carboxylic acids is 2. The lowest BCUT2D eigenvalue weighted by molar-refractivity contribution is -0.146. The van der Waals surface area contributed by atoms with Gasteiger partial charge < -0.3 is 4.90 Å². The van der Waals surface area contributed by atoms with Crippen molar-refractivity contribution in [2.24, 2.45) is 0 Å². The number of likely N-dealkylation sites (N-methyl/N-ethyl adjacent to an activating group) is 1. The number of piperidine rings is 1. The highest BCUT2D eigenvalue weighted by molar-refractivity contribution is 6.07. The van der Waals surface area contributed by atoms with E-state index in [4.69, 9.17) is 0 Å². The minimum atomic E-state index is -0.682. The Balaban J connectivity index is 2.46. The van der Waals surface area contributed by atoms with Gasteiger partial charge in [0.1, 0.15) is 5.54 Å². The highest BCUT2D eigenvalue weighted by atomic mass is 16.2. The summed E-state index contributed by atoms with van der Waals surface area (Å²) >= 11 is 0. The molecule has 1 spiro atoms. The molecule has 0 radical (unpaired) electrons. The number of hydrogen-bond donors (Lipinski definition) is 0. The van der Waals surface area contributed by atoms with E-state index in [-0.39, 0.29) is 23.0 Å². The molecule has 3 amide bonds. The molecule has 0 aliphatic carbocycles. The van der Waals surface area contributed by atoms with Crippen molar-refractivity contribution in [2.75, 3.05) is 19.6 Å². The summed E-state index contributed by atoms with van der Waals surface area (Å²) < 4.78 is 0. The van der Waals surface area contributed by atoms with Crippen molar-refractivity contribution in [1.29, 1.82) is 0 Å². The van der Waals surface area contributed by atoms with Crippen LogP contribution >= 0.6 is 0 Å². The minimum Gasteiger partial charge on any atom is -0.310 e. The summed E-state index contributed by atoms with van der Waals surface area (Å²) in [7, 11) is 0. The molecule has 2 aliphatic rings. The normalized spacial score (nSPS) is 25.8. The molecule has 0 N–H and O–H groups in total. The number of imide groups is 1. The molecule has 2 heterocycles. The van der Waals surface area contributed by atoms with Crippen molar-refractivity contribution in [3.63, 3.8) is 0 Å². The largest absolute Gasteiger partial charge is 0.327 e. The standard InChI is InChI=1S/C19H35N3O2/c1-8-11-12-20-15(23)19(21(9-2)16(20)24)13-17(4,5)22(10-3)18(6,7)14-19/h8-14H2,1-7H3. The van der Waals surface area contributed by atoms with E-state index in [1.807, 2.05) is 11.8 Å². The minimum absolute atomic E-state index is 0.0275. The topological polar surface area (TPSA) is 43.9 Å². The van der Waals surface area contributed by atoms with Gasteiger partial charge in [0.2, 0.25) is 0 Å². The predicted molar refractivity (Wildman–Crippen MR) is 96.9 cm³/mol. The fraction of sp³-hybridized carbons (Fsp3) is 0.895. The maximum absolute atomic E-state index is 13.4. The lowest BCUT2D eigenvalue weighted by atomic mass is 9.68. The first-order valence-corrected chi connectivity index (χ1v) is 9.48. The van der Waals surface area contributed by atoms with Crippen LogP contribution in [0.2, 0.25) is 0 Å². The molecule has 24 heavy (non-hydrogen) atoms. The first kappa shape index (κ1) is 19.2. The van der Waals surface area contributed by atoms with Crippen molar-refractivity contribution in [2.45, 2.75) is 90.8 Å². The van der Waals surface area contributed by atoms with Gasteiger partial charge in [0, 0.05) is 24.2 Å². The molecule has 0 saturated carbocycles. The monoisotopic (exact) mass is 337 g/mol. The van der Waals surface area contributed by atoms with E-state index in [9.17, 15) is 9.59 Å². The number of amides is 3. The maximum Gasteiger partial charge on any atom is 0.327 e. The van der Waals surface area contributed by atoms with E-state index in [1.165, 1.54) is 4.90 Å². The third-order valence-corrected chi connectivity index (χ3v) is 5.90. The Kier molecular flexibility index (Phi) is 5.06. The Bertz CT molecular complexity index is 495. The molecule has 2 saturated heterocycles. The van der Waals surface area contributed by atoms with Gasteiger partial charge in [0.05, 0.1) is 0 Å². The Hall–Kier alpha value is -1.10. The summed E-state index contributed by atoms with van der Waals surface area (Å²) in [5, 5.41) is 0. The Labute approximate surface area is 147 Å². The van der Waals surface area contributed by atoms with Crippen LogP contribution in [-0.4, -0.2) is 62.9 Å². The fourth-order valence-corrected chi connectivity index (χ4v) is 5.44. The molecule has 0 unspecified atom stereocenters. The maximum atomic E-state index is 13.4. The third kappa shape index (κ3) is 2.75. The Morgan fingerprint density at radius 2 is 1.46 bits per heavy atom. The summed E-state index contributed by atoms with van der Waals surface area (Å²) in [6.45, 7) is 17.2. The predicted octanol–water partition coefficient (Wildman–Crippen LogP) is 3.48. The summed E-state index contributed by atoms with van der Waals surface area (Å²) in [5.74, 6) is 0.0275. The van der Waals surface area contributed by atoms with Crippen LogP contribution in [0.3, 0.4) is 0 Å². The first-order valence-electron chi connectivity index (χ1n) is 9.48. The molecule has 2 rings (SSSR count). The number of rotatable bonds is 5. The SMILES string of the molecule is CCCCN1C(=O)N(CC)C2(CC(C)(C)N(CC)C(C)(C)C2)C1=O. The second kappa shape index (κ2) is 6.32. The van der Waals surface area contributed by atoms with Crippen LogP contribution in [0.15, 0.2) is 0 Å². The highest BCUT2D eigenvalue weighted by Crippen LogP contribution is 2.49. The fourth-order valence-electron chi connectivity index (χ4n) is 5.44. The van der Waals surface area contributed by atoms with Crippen LogP contribution in [0.5, 0.6) is 0 Å². The van der Waals surface area contributed by atoms with Gasteiger partial charge >= 0.3 is 6.03 Å². The van der Waals surface area contributed by atoms with E-state index in [2.05, 4.69) is 46.4 Å². The zero-order valence-corrected chi connectivity index (χ0v) is 16.6. The number of likely N-dealkylation sites (tertiary alicyclic amines) is 1.